The molecule has 1 aromatic heterocycles. The molecule has 0 saturated heterocycles. The molecule has 1 atom stereocenters. The lowest BCUT2D eigenvalue weighted by atomic mass is 9.89. The second-order valence-electron chi connectivity index (χ2n) is 8.18. The number of benzene rings is 3. The number of aryl methyl sites for hydroxylation is 1. The van der Waals surface area contributed by atoms with Crippen molar-refractivity contribution in [1.29, 1.82) is 0 Å². The highest BCUT2D eigenvalue weighted by Gasteiger charge is 2.29. The van der Waals surface area contributed by atoms with Crippen molar-refractivity contribution in [1.82, 2.24) is 9.88 Å². The molecule has 4 aromatic rings. The van der Waals surface area contributed by atoms with Gasteiger partial charge in [0, 0.05) is 35.6 Å². The van der Waals surface area contributed by atoms with Gasteiger partial charge in [-0.15, -0.1) is 0 Å². The molecule has 3 nitrogen and oxygen atoms in total. The van der Waals surface area contributed by atoms with Crippen molar-refractivity contribution in [3.8, 4) is 0 Å². The average molecular weight is 400 g/mol. The summed E-state index contributed by atoms with van der Waals surface area (Å²) in [5.41, 5.74) is 4.49. The summed E-state index contributed by atoms with van der Waals surface area (Å²) in [4.78, 5) is 18.5. The van der Waals surface area contributed by atoms with Gasteiger partial charge in [0.1, 0.15) is 5.82 Å². The van der Waals surface area contributed by atoms with Gasteiger partial charge in [0.05, 0.1) is 0 Å². The third kappa shape index (κ3) is 3.26. The van der Waals surface area contributed by atoms with E-state index in [0.717, 1.165) is 35.7 Å². The number of rotatable bonds is 4. The van der Waals surface area contributed by atoms with Crippen LogP contribution in [0.2, 0.25) is 0 Å². The van der Waals surface area contributed by atoms with Crippen molar-refractivity contribution < 1.29 is 9.18 Å². The van der Waals surface area contributed by atoms with Gasteiger partial charge in [-0.25, -0.2) is 4.39 Å². The maximum atomic E-state index is 13.9. The van der Waals surface area contributed by atoms with Crippen LogP contribution in [0.25, 0.3) is 21.7 Å². The first-order valence-electron chi connectivity index (χ1n) is 10.7. The number of carbonyl (C=O) groups is 1. The lowest BCUT2D eigenvalue weighted by Crippen LogP contribution is -2.42. The standard InChI is InChI=1S/C26H25FN2O/c1-2-26(30)29(16-18-8-5-7-17-6-3-4-9-21(17)18)20-11-13-25-23(15-20)22-14-19(27)10-12-24(22)28-25/h3-10,12,14,20,28H,2,11,13,15-16H2,1H3. The number of aromatic amines is 1. The zero-order valence-corrected chi connectivity index (χ0v) is 17.1. The van der Waals surface area contributed by atoms with Gasteiger partial charge in [0.15, 0.2) is 0 Å². The van der Waals surface area contributed by atoms with E-state index in [4.69, 9.17) is 0 Å². The van der Waals surface area contributed by atoms with Gasteiger partial charge in [-0.05, 0) is 59.4 Å². The van der Waals surface area contributed by atoms with Gasteiger partial charge in [-0.3, -0.25) is 4.79 Å². The smallest absolute Gasteiger partial charge is 0.222 e. The van der Waals surface area contributed by atoms with Crippen molar-refractivity contribution in [2.45, 2.75) is 45.2 Å². The topological polar surface area (TPSA) is 36.1 Å². The van der Waals surface area contributed by atoms with E-state index in [-0.39, 0.29) is 17.8 Å². The molecule has 0 bridgehead atoms. The van der Waals surface area contributed by atoms with Crippen LogP contribution in [0.4, 0.5) is 4.39 Å². The lowest BCUT2D eigenvalue weighted by molar-refractivity contribution is -0.134. The van der Waals surface area contributed by atoms with Gasteiger partial charge in [0.25, 0.3) is 0 Å². The second-order valence-corrected chi connectivity index (χ2v) is 8.18. The molecule has 30 heavy (non-hydrogen) atoms. The molecule has 0 aliphatic heterocycles. The molecule has 1 N–H and O–H groups in total. The number of fused-ring (bicyclic) bond motifs is 4. The highest BCUT2D eigenvalue weighted by Crippen LogP contribution is 2.33. The Labute approximate surface area is 175 Å². The largest absolute Gasteiger partial charge is 0.358 e. The molecule has 1 aliphatic carbocycles. The fourth-order valence-corrected chi connectivity index (χ4v) is 4.87. The van der Waals surface area contributed by atoms with E-state index in [1.165, 1.54) is 28.1 Å². The fraction of sp³-hybridized carbons (Fsp3) is 0.269. The molecule has 152 valence electrons. The molecule has 4 heteroatoms. The van der Waals surface area contributed by atoms with Crippen LogP contribution in [-0.4, -0.2) is 21.8 Å². The van der Waals surface area contributed by atoms with E-state index >= 15 is 0 Å². The number of nitrogens with one attached hydrogen (secondary N) is 1. The van der Waals surface area contributed by atoms with E-state index in [0.29, 0.717) is 13.0 Å². The van der Waals surface area contributed by atoms with Crippen LogP contribution in [-0.2, 0) is 24.2 Å². The maximum absolute atomic E-state index is 13.9. The van der Waals surface area contributed by atoms with Gasteiger partial charge >= 0.3 is 0 Å². The zero-order valence-electron chi connectivity index (χ0n) is 17.1. The summed E-state index contributed by atoms with van der Waals surface area (Å²) in [6.07, 6.45) is 3.03. The summed E-state index contributed by atoms with van der Waals surface area (Å²) in [5, 5.41) is 3.33. The average Bonchev–Trinajstić information content (AvgIpc) is 3.14. The Bertz CT molecular complexity index is 1240. The molecule has 1 aliphatic rings. The molecule has 0 spiro atoms. The van der Waals surface area contributed by atoms with E-state index in [1.807, 2.05) is 30.0 Å². The van der Waals surface area contributed by atoms with Crippen molar-refractivity contribution in [3.05, 3.63) is 83.3 Å². The molecular formula is C26H25FN2O. The Morgan fingerprint density at radius 2 is 1.93 bits per heavy atom. The lowest BCUT2D eigenvalue weighted by Gasteiger charge is -2.35. The van der Waals surface area contributed by atoms with Crippen LogP contribution in [0.3, 0.4) is 0 Å². The first-order valence-corrected chi connectivity index (χ1v) is 10.7. The van der Waals surface area contributed by atoms with Crippen LogP contribution in [0.1, 0.15) is 36.6 Å². The molecule has 1 amide bonds. The van der Waals surface area contributed by atoms with Gasteiger partial charge in [-0.2, -0.15) is 0 Å². The highest BCUT2D eigenvalue weighted by molar-refractivity contribution is 5.87. The van der Waals surface area contributed by atoms with Crippen molar-refractivity contribution in [2.24, 2.45) is 0 Å². The van der Waals surface area contributed by atoms with Crippen molar-refractivity contribution in [3.63, 3.8) is 0 Å². The highest BCUT2D eigenvalue weighted by atomic mass is 19.1. The number of hydrogen-bond donors (Lipinski definition) is 1. The van der Waals surface area contributed by atoms with E-state index < -0.39 is 0 Å². The number of aromatic nitrogens is 1. The normalized spacial score (nSPS) is 16.0. The SMILES string of the molecule is CCC(=O)N(Cc1cccc2ccccc12)C1CCc2[nH]c3ccc(F)cc3c2C1. The third-order valence-corrected chi connectivity index (χ3v) is 6.41. The molecule has 0 fully saturated rings. The molecule has 1 heterocycles. The first kappa shape index (κ1) is 18.9. The van der Waals surface area contributed by atoms with Crippen molar-refractivity contribution >= 4 is 27.6 Å². The minimum Gasteiger partial charge on any atom is -0.358 e. The number of carbonyl (C=O) groups excluding carboxylic acids is 1. The second kappa shape index (κ2) is 7.60. The third-order valence-electron chi connectivity index (χ3n) is 6.41. The molecular weight excluding hydrogens is 375 g/mol. The van der Waals surface area contributed by atoms with Crippen LogP contribution in [0.15, 0.2) is 60.7 Å². The monoisotopic (exact) mass is 400 g/mol. The van der Waals surface area contributed by atoms with E-state index in [2.05, 4.69) is 35.3 Å². The van der Waals surface area contributed by atoms with Crippen molar-refractivity contribution in [2.75, 3.05) is 0 Å². The minimum atomic E-state index is -0.219. The fourth-order valence-electron chi connectivity index (χ4n) is 4.87. The molecule has 0 radical (unpaired) electrons. The summed E-state index contributed by atoms with van der Waals surface area (Å²) in [5.74, 6) is -0.0499. The molecule has 5 rings (SSSR count). The first-order chi connectivity index (χ1) is 14.6. The zero-order chi connectivity index (χ0) is 20.7. The maximum Gasteiger partial charge on any atom is 0.222 e. The summed E-state index contributed by atoms with van der Waals surface area (Å²) >= 11 is 0. The quantitative estimate of drug-likeness (QED) is 0.465. The van der Waals surface area contributed by atoms with Crippen LogP contribution in [0, 0.1) is 5.82 Å². The van der Waals surface area contributed by atoms with Gasteiger partial charge in [0.2, 0.25) is 5.91 Å². The van der Waals surface area contributed by atoms with Crippen LogP contribution in [0.5, 0.6) is 0 Å². The summed E-state index contributed by atoms with van der Waals surface area (Å²) in [7, 11) is 0. The minimum absolute atomic E-state index is 0.117. The number of amides is 1. The predicted molar refractivity (Wildman–Crippen MR) is 119 cm³/mol. The number of halogens is 1. The predicted octanol–water partition coefficient (Wildman–Crippen LogP) is 5.76. The molecule has 0 saturated carbocycles. The summed E-state index contributed by atoms with van der Waals surface area (Å²) in [6.45, 7) is 2.53. The Hall–Kier alpha value is -3.14. The van der Waals surface area contributed by atoms with Crippen LogP contribution < -0.4 is 0 Å². The molecule has 3 aromatic carbocycles. The Kier molecular flexibility index (Phi) is 4.78. The Morgan fingerprint density at radius 3 is 2.80 bits per heavy atom. The Balaban J connectivity index is 1.50. The number of H-pyrrole nitrogens is 1. The van der Waals surface area contributed by atoms with Gasteiger partial charge in [-0.1, -0.05) is 49.4 Å². The number of hydrogen-bond acceptors (Lipinski definition) is 1. The van der Waals surface area contributed by atoms with E-state index in [9.17, 15) is 9.18 Å². The van der Waals surface area contributed by atoms with E-state index in [1.54, 1.807) is 6.07 Å². The summed E-state index contributed by atoms with van der Waals surface area (Å²) < 4.78 is 13.9. The number of nitrogens with zero attached hydrogens (tertiary/aromatic N) is 1. The van der Waals surface area contributed by atoms with Crippen LogP contribution >= 0.6 is 0 Å². The van der Waals surface area contributed by atoms with Gasteiger partial charge < -0.3 is 9.88 Å². The summed E-state index contributed by atoms with van der Waals surface area (Å²) in [6, 6.07) is 19.6. The Morgan fingerprint density at radius 1 is 1.10 bits per heavy atom. The molecule has 1 unspecified atom stereocenters.